The van der Waals surface area contributed by atoms with E-state index < -0.39 is 0 Å². The van der Waals surface area contributed by atoms with Crippen molar-refractivity contribution in [2.24, 2.45) is 0 Å². The van der Waals surface area contributed by atoms with Crippen LogP contribution in [0.2, 0.25) is 0 Å². The molecular formula is H6KN3Sn. The minimum Gasteiger partial charge on any atom is -0.693 e. The van der Waals surface area contributed by atoms with Crippen molar-refractivity contribution < 1.29 is 51.4 Å². The largest absolute Gasteiger partial charge is 2.00 e. The average molecular weight is 206 g/mol. The monoisotopic (exact) mass is 207 g/mol. The number of nitrogens with two attached hydrogens (primary N) is 3. The molecule has 6 N–H and O–H groups in total. The zero-order chi connectivity index (χ0) is 0. The van der Waals surface area contributed by atoms with Crippen LogP contribution in [0.25, 0.3) is 18.5 Å². The van der Waals surface area contributed by atoms with Gasteiger partial charge in [0, 0.05) is 0 Å². The van der Waals surface area contributed by atoms with Gasteiger partial charge in [-0.15, -0.1) is 0 Å². The molecule has 0 aromatic carbocycles. The van der Waals surface area contributed by atoms with E-state index in [9.17, 15) is 0 Å². The minimum atomic E-state index is 0. The molecule has 0 aromatic rings. The van der Waals surface area contributed by atoms with Crippen LogP contribution in [0.15, 0.2) is 0 Å². The Balaban J connectivity index is 0. The van der Waals surface area contributed by atoms with E-state index in [1.165, 1.54) is 0 Å². The molecule has 0 aliphatic heterocycles. The summed E-state index contributed by atoms with van der Waals surface area (Å²) in [6.45, 7) is 0. The van der Waals surface area contributed by atoms with Crippen LogP contribution in [0, 0.1) is 0 Å². The Bertz CT molecular complexity index is 6.85. The van der Waals surface area contributed by atoms with Crippen molar-refractivity contribution in [1.82, 2.24) is 0 Å². The van der Waals surface area contributed by atoms with Crippen molar-refractivity contribution in [2.45, 2.75) is 0 Å². The first kappa shape index (κ1) is 54.4. The first-order chi connectivity index (χ1) is 0. The summed E-state index contributed by atoms with van der Waals surface area (Å²) in [6.07, 6.45) is 0. The van der Waals surface area contributed by atoms with Crippen LogP contribution in [0.4, 0.5) is 0 Å². The molecule has 0 aliphatic carbocycles. The quantitative estimate of drug-likeness (QED) is 0.443. The third-order valence-electron chi connectivity index (χ3n) is 0. The van der Waals surface area contributed by atoms with Gasteiger partial charge in [-0.25, -0.2) is 0 Å². The number of hydrogen-bond donors (Lipinski definition) is 0. The fraction of sp³-hybridized carbons (Fsp3) is 0. The topological polar surface area (TPSA) is 100 Å². The molecule has 0 saturated heterocycles. The molecule has 0 aromatic heterocycles. The van der Waals surface area contributed by atoms with E-state index in [1.807, 2.05) is 0 Å². The summed E-state index contributed by atoms with van der Waals surface area (Å²) in [6, 6.07) is 0. The third kappa shape index (κ3) is 21.9. The van der Waals surface area contributed by atoms with E-state index in [2.05, 4.69) is 0 Å². The van der Waals surface area contributed by atoms with Crippen LogP contribution in [0.3, 0.4) is 0 Å². The van der Waals surface area contributed by atoms with Gasteiger partial charge < -0.3 is 18.5 Å². The smallest absolute Gasteiger partial charge is 0.693 e. The Morgan fingerprint density at radius 3 is 0.600 bits per heavy atom. The van der Waals surface area contributed by atoms with Crippen molar-refractivity contribution in [1.29, 1.82) is 0 Å². The van der Waals surface area contributed by atoms with Crippen molar-refractivity contribution in [3.8, 4) is 0 Å². The summed E-state index contributed by atoms with van der Waals surface area (Å²) < 4.78 is 0. The second-order valence-corrected chi connectivity index (χ2v) is 0. The van der Waals surface area contributed by atoms with Gasteiger partial charge in [-0.05, 0) is 0 Å². The Morgan fingerprint density at radius 1 is 0.600 bits per heavy atom. The summed E-state index contributed by atoms with van der Waals surface area (Å²) >= 11 is 0. The molecule has 0 bridgehead atoms. The molecule has 0 atom stereocenters. The Labute approximate surface area is 91.8 Å². The average Bonchev–Trinajstić information content (AvgIpc) is 0. The first-order valence-corrected chi connectivity index (χ1v) is 0. The molecule has 0 rings (SSSR count). The van der Waals surface area contributed by atoms with Crippen molar-refractivity contribution in [3.63, 3.8) is 0 Å². The second kappa shape index (κ2) is 33.3. The van der Waals surface area contributed by atoms with E-state index >= 15 is 0 Å². The van der Waals surface area contributed by atoms with E-state index in [0.717, 1.165) is 0 Å². The van der Waals surface area contributed by atoms with E-state index in [-0.39, 0.29) is 93.7 Å². The molecule has 26 valence electrons. The van der Waals surface area contributed by atoms with Crippen LogP contribution in [0.1, 0.15) is 0 Å². The predicted octanol–water partition coefficient (Wildman–Crippen LogP) is -1.23. The summed E-state index contributed by atoms with van der Waals surface area (Å²) in [7, 11) is 0. The van der Waals surface area contributed by atoms with Gasteiger partial charge in [0.15, 0.2) is 0 Å². The fourth-order valence-electron chi connectivity index (χ4n) is 0. The maximum absolute atomic E-state index is 0. The zero-order valence-corrected chi connectivity index (χ0v) is 9.21. The fourth-order valence-corrected chi connectivity index (χ4v) is 0. The molecule has 0 spiro atoms. The molecule has 3 nitrogen and oxygen atoms in total. The molecule has 5 heavy (non-hydrogen) atoms. The van der Waals surface area contributed by atoms with Crippen LogP contribution < -0.4 is 51.4 Å². The zero-order valence-electron chi connectivity index (χ0n) is 3.23. The van der Waals surface area contributed by atoms with Gasteiger partial charge in [0.1, 0.15) is 0 Å². The van der Waals surface area contributed by atoms with Gasteiger partial charge >= 0.3 is 75.3 Å². The molecule has 5 heteroatoms. The van der Waals surface area contributed by atoms with Crippen LogP contribution in [0.5, 0.6) is 0 Å². The molecule has 0 saturated carbocycles. The Morgan fingerprint density at radius 2 is 0.600 bits per heavy atom. The standard InChI is InChI=1S/K.3H2N.Sn/h;3*1H2;/q+1;3*-1;+2. The van der Waals surface area contributed by atoms with Crippen LogP contribution in [-0.4, -0.2) is 23.9 Å². The maximum atomic E-state index is 0. The maximum Gasteiger partial charge on any atom is 2.00 e. The SMILES string of the molecule is [K+].[NH2-].[NH2-].[NH2-].[Sn+2]. The van der Waals surface area contributed by atoms with Gasteiger partial charge in [0.2, 0.25) is 0 Å². The van der Waals surface area contributed by atoms with Gasteiger partial charge in [0.05, 0.1) is 0 Å². The van der Waals surface area contributed by atoms with E-state index in [4.69, 9.17) is 0 Å². The Hall–Kier alpha value is 2.32. The molecule has 0 amide bonds. The molecule has 0 fully saturated rings. The van der Waals surface area contributed by atoms with Crippen LogP contribution >= 0.6 is 0 Å². The molecule has 2 radical (unpaired) electrons. The summed E-state index contributed by atoms with van der Waals surface area (Å²) in [5.74, 6) is 0. The van der Waals surface area contributed by atoms with Crippen molar-refractivity contribution in [3.05, 3.63) is 18.5 Å². The third-order valence-corrected chi connectivity index (χ3v) is 0. The van der Waals surface area contributed by atoms with E-state index in [0.29, 0.717) is 0 Å². The second-order valence-electron chi connectivity index (χ2n) is 0. The summed E-state index contributed by atoms with van der Waals surface area (Å²) in [5.41, 5.74) is 0. The van der Waals surface area contributed by atoms with Crippen molar-refractivity contribution in [2.75, 3.05) is 0 Å². The van der Waals surface area contributed by atoms with Gasteiger partial charge in [-0.1, -0.05) is 0 Å². The molecule has 0 heterocycles. The summed E-state index contributed by atoms with van der Waals surface area (Å²) in [4.78, 5) is 0. The summed E-state index contributed by atoms with van der Waals surface area (Å²) in [5, 5.41) is 0. The van der Waals surface area contributed by atoms with Gasteiger partial charge in [-0.3, -0.25) is 0 Å². The Kier molecular flexibility index (Phi) is 362. The number of hydrogen-bond acceptors (Lipinski definition) is 0. The predicted molar refractivity (Wildman–Crippen MR) is 21.6 cm³/mol. The minimum absolute atomic E-state index is 0. The van der Waals surface area contributed by atoms with E-state index in [1.54, 1.807) is 0 Å². The first-order valence-electron chi connectivity index (χ1n) is 0. The molecule has 0 unspecified atom stereocenters. The normalized spacial score (nSPS) is 0. The van der Waals surface area contributed by atoms with Crippen molar-refractivity contribution >= 4 is 23.9 Å². The van der Waals surface area contributed by atoms with Gasteiger partial charge in [-0.2, -0.15) is 0 Å². The van der Waals surface area contributed by atoms with Gasteiger partial charge in [0.25, 0.3) is 0 Å². The van der Waals surface area contributed by atoms with Crippen LogP contribution in [-0.2, 0) is 0 Å². The molecular weight excluding hydrogens is 200 g/mol. The molecule has 0 aliphatic rings. The number of rotatable bonds is 0.